The van der Waals surface area contributed by atoms with Crippen molar-refractivity contribution in [2.75, 3.05) is 25.0 Å². The molecule has 1 unspecified atom stereocenters. The van der Waals surface area contributed by atoms with Gasteiger partial charge in [0.15, 0.2) is 6.10 Å². The predicted molar refractivity (Wildman–Crippen MR) is 129 cm³/mol. The molecule has 1 fully saturated rings. The van der Waals surface area contributed by atoms with Crippen LogP contribution in [0, 0.1) is 13.8 Å². The van der Waals surface area contributed by atoms with E-state index in [0.717, 1.165) is 34.5 Å². The number of aromatic nitrogens is 4. The number of ether oxygens (including phenoxy) is 1. The summed E-state index contributed by atoms with van der Waals surface area (Å²) in [6, 6.07) is 10.9. The predicted octanol–water partition coefficient (Wildman–Crippen LogP) is 3.10. The fourth-order valence-electron chi connectivity index (χ4n) is 4.15. The lowest BCUT2D eigenvalue weighted by Gasteiger charge is -2.32. The summed E-state index contributed by atoms with van der Waals surface area (Å²) in [5.74, 6) is -0.447. The number of carbonyl (C=O) groups is 2. The highest BCUT2D eigenvalue weighted by atomic mass is 16.5. The Balaban J connectivity index is 1.29. The molecule has 4 aromatic rings. The average molecular weight is 459 g/mol. The number of amides is 2. The van der Waals surface area contributed by atoms with E-state index in [1.165, 1.54) is 0 Å². The van der Waals surface area contributed by atoms with Gasteiger partial charge in [0, 0.05) is 24.3 Å². The van der Waals surface area contributed by atoms with Gasteiger partial charge in [-0.2, -0.15) is 0 Å². The molecule has 0 aliphatic carbocycles. The molecule has 9 heteroatoms. The summed E-state index contributed by atoms with van der Waals surface area (Å²) in [6.07, 6.45) is 1.02. The third-order valence-corrected chi connectivity index (χ3v) is 6.20. The van der Waals surface area contributed by atoms with Crippen LogP contribution >= 0.6 is 0 Å². The Morgan fingerprint density at radius 2 is 1.85 bits per heavy atom. The maximum Gasteiger partial charge on any atom is 0.255 e. The van der Waals surface area contributed by atoms with Crippen molar-refractivity contribution >= 4 is 39.6 Å². The number of nitrogens with one attached hydrogen (secondary N) is 1. The number of morpholine rings is 1. The monoisotopic (exact) mass is 458 g/mol. The quantitative estimate of drug-likeness (QED) is 0.504. The summed E-state index contributed by atoms with van der Waals surface area (Å²) < 4.78 is 7.73. The number of fused-ring (bicyclic) bond motifs is 2. The van der Waals surface area contributed by atoms with E-state index in [2.05, 4.69) is 27.2 Å². The first-order chi connectivity index (χ1) is 16.4. The molecule has 3 heterocycles. The molecular formula is C25H26N6O3. The lowest BCUT2D eigenvalue weighted by molar-refractivity contribution is -0.131. The minimum absolute atomic E-state index is 0.158. The van der Waals surface area contributed by atoms with Crippen LogP contribution in [-0.4, -0.2) is 62.0 Å². The van der Waals surface area contributed by atoms with E-state index in [0.29, 0.717) is 23.3 Å². The fourth-order valence-corrected chi connectivity index (χ4v) is 4.15. The van der Waals surface area contributed by atoms with E-state index in [4.69, 9.17) is 4.74 Å². The molecule has 0 spiro atoms. The van der Waals surface area contributed by atoms with Crippen molar-refractivity contribution < 1.29 is 14.3 Å². The first-order valence-corrected chi connectivity index (χ1v) is 11.3. The first-order valence-electron chi connectivity index (χ1n) is 11.3. The summed E-state index contributed by atoms with van der Waals surface area (Å²) in [4.78, 5) is 41.2. The van der Waals surface area contributed by atoms with E-state index >= 15 is 0 Å². The van der Waals surface area contributed by atoms with Crippen molar-refractivity contribution in [1.29, 1.82) is 0 Å². The topological polar surface area (TPSA) is 102 Å². The molecule has 1 aliphatic heterocycles. The first kappa shape index (κ1) is 22.0. The molecule has 2 amide bonds. The van der Waals surface area contributed by atoms with Crippen LogP contribution in [0.5, 0.6) is 0 Å². The molecule has 1 aliphatic rings. The zero-order chi connectivity index (χ0) is 23.8. The van der Waals surface area contributed by atoms with Gasteiger partial charge in [0.1, 0.15) is 0 Å². The van der Waals surface area contributed by atoms with Gasteiger partial charge in [-0.15, -0.1) is 0 Å². The van der Waals surface area contributed by atoms with Crippen LogP contribution in [0.15, 0.2) is 42.7 Å². The maximum absolute atomic E-state index is 13.2. The van der Waals surface area contributed by atoms with Crippen LogP contribution in [0.3, 0.4) is 0 Å². The Labute approximate surface area is 196 Å². The minimum Gasteiger partial charge on any atom is -0.365 e. The molecule has 0 bridgehead atoms. The Morgan fingerprint density at radius 3 is 2.65 bits per heavy atom. The number of benzene rings is 2. The molecule has 1 atom stereocenters. The lowest BCUT2D eigenvalue weighted by atomic mass is 10.1. The maximum atomic E-state index is 13.2. The molecular weight excluding hydrogens is 432 g/mol. The third-order valence-electron chi connectivity index (χ3n) is 6.20. The molecule has 0 saturated carbocycles. The summed E-state index contributed by atoms with van der Waals surface area (Å²) >= 11 is 0. The molecule has 2 aromatic heterocycles. The van der Waals surface area contributed by atoms with E-state index in [-0.39, 0.29) is 25.0 Å². The molecule has 1 saturated heterocycles. The number of hydrogen-bond acceptors (Lipinski definition) is 6. The Hall–Kier alpha value is -3.85. The summed E-state index contributed by atoms with van der Waals surface area (Å²) in [6.45, 7) is 7.57. The van der Waals surface area contributed by atoms with Crippen molar-refractivity contribution in [3.05, 3.63) is 59.7 Å². The number of nitrogens with zero attached hydrogens (tertiary/aromatic N) is 5. The number of aryl methyl sites for hydroxylation is 3. The normalized spacial score (nSPS) is 16.2. The van der Waals surface area contributed by atoms with Gasteiger partial charge < -0.3 is 19.5 Å². The zero-order valence-electron chi connectivity index (χ0n) is 19.4. The molecule has 5 rings (SSSR count). The van der Waals surface area contributed by atoms with E-state index in [1.54, 1.807) is 23.4 Å². The Bertz CT molecular complexity index is 1410. The van der Waals surface area contributed by atoms with Crippen LogP contribution in [0.1, 0.15) is 28.7 Å². The number of rotatable bonds is 4. The molecule has 2 aromatic carbocycles. The standard InChI is InChI=1S/C25H26N6O3/c1-4-30-14-26-21-12-18(6-8-22(21)30)29-24(32)23-13-31(9-10-34-23)25(33)17-5-7-19-20(11-17)28-16(3)15(2)27-19/h5-8,11-12,14,23H,4,9-10,13H2,1-3H3,(H,29,32). The van der Waals surface area contributed by atoms with Crippen LogP contribution in [0.4, 0.5) is 5.69 Å². The smallest absolute Gasteiger partial charge is 0.255 e. The van der Waals surface area contributed by atoms with Crippen LogP contribution in [-0.2, 0) is 16.1 Å². The third kappa shape index (κ3) is 4.10. The number of imidazole rings is 1. The van der Waals surface area contributed by atoms with Gasteiger partial charge in [-0.1, -0.05) is 0 Å². The van der Waals surface area contributed by atoms with E-state index in [1.807, 2.05) is 42.7 Å². The summed E-state index contributed by atoms with van der Waals surface area (Å²) in [7, 11) is 0. The summed E-state index contributed by atoms with van der Waals surface area (Å²) in [5.41, 5.74) is 6.11. The minimum atomic E-state index is -0.758. The fraction of sp³-hybridized carbons (Fsp3) is 0.320. The van der Waals surface area contributed by atoms with Gasteiger partial charge in [0.2, 0.25) is 0 Å². The number of carbonyl (C=O) groups excluding carboxylic acids is 2. The highest BCUT2D eigenvalue weighted by molar-refractivity contribution is 5.99. The van der Waals surface area contributed by atoms with Crippen LogP contribution < -0.4 is 5.32 Å². The molecule has 0 radical (unpaired) electrons. The second-order valence-electron chi connectivity index (χ2n) is 8.43. The zero-order valence-corrected chi connectivity index (χ0v) is 19.4. The molecule has 9 nitrogen and oxygen atoms in total. The van der Waals surface area contributed by atoms with Crippen LogP contribution in [0.2, 0.25) is 0 Å². The Morgan fingerprint density at radius 1 is 1.06 bits per heavy atom. The lowest BCUT2D eigenvalue weighted by Crippen LogP contribution is -2.50. The number of anilines is 1. The van der Waals surface area contributed by atoms with Gasteiger partial charge in [0.05, 0.1) is 52.9 Å². The van der Waals surface area contributed by atoms with Gasteiger partial charge >= 0.3 is 0 Å². The Kier molecular flexibility index (Phi) is 5.70. The molecule has 34 heavy (non-hydrogen) atoms. The van der Waals surface area contributed by atoms with Gasteiger partial charge in [-0.25, -0.2) is 15.0 Å². The van der Waals surface area contributed by atoms with Crippen molar-refractivity contribution in [2.24, 2.45) is 0 Å². The molecule has 1 N–H and O–H groups in total. The van der Waals surface area contributed by atoms with Gasteiger partial charge in [-0.05, 0) is 57.2 Å². The van der Waals surface area contributed by atoms with Crippen molar-refractivity contribution in [1.82, 2.24) is 24.4 Å². The largest absolute Gasteiger partial charge is 0.365 e. The average Bonchev–Trinajstić information content (AvgIpc) is 3.26. The van der Waals surface area contributed by atoms with Gasteiger partial charge in [0.25, 0.3) is 11.8 Å². The van der Waals surface area contributed by atoms with Gasteiger partial charge in [-0.3, -0.25) is 9.59 Å². The second-order valence-corrected chi connectivity index (χ2v) is 8.43. The SMILES string of the molecule is CCn1cnc2cc(NC(=O)C3CN(C(=O)c4ccc5nc(C)c(C)nc5c4)CCO3)ccc21. The van der Waals surface area contributed by atoms with Crippen LogP contribution in [0.25, 0.3) is 22.1 Å². The second kappa shape index (κ2) is 8.83. The van der Waals surface area contributed by atoms with Crippen molar-refractivity contribution in [3.63, 3.8) is 0 Å². The van der Waals surface area contributed by atoms with Crippen molar-refractivity contribution in [3.8, 4) is 0 Å². The molecule has 174 valence electrons. The van der Waals surface area contributed by atoms with E-state index in [9.17, 15) is 9.59 Å². The highest BCUT2D eigenvalue weighted by Crippen LogP contribution is 2.20. The highest BCUT2D eigenvalue weighted by Gasteiger charge is 2.30. The summed E-state index contributed by atoms with van der Waals surface area (Å²) in [5, 5.41) is 2.90. The van der Waals surface area contributed by atoms with Crippen molar-refractivity contribution in [2.45, 2.75) is 33.4 Å². The van der Waals surface area contributed by atoms with E-state index < -0.39 is 6.10 Å². The number of hydrogen-bond donors (Lipinski definition) is 1.